The minimum Gasteiger partial charge on any atom is -0.314 e. The summed E-state index contributed by atoms with van der Waals surface area (Å²) >= 11 is 0. The lowest BCUT2D eigenvalue weighted by Crippen LogP contribution is -2.61. The Balaban J connectivity index is 1.94. The fraction of sp³-hybridized carbons (Fsp3) is 1.00. The summed E-state index contributed by atoms with van der Waals surface area (Å²) in [5.41, 5.74) is 6.47. The number of nitrogens with zero attached hydrogens (tertiary/aromatic N) is 1. The lowest BCUT2D eigenvalue weighted by molar-refractivity contribution is 0.0444. The molecule has 0 unspecified atom stereocenters. The maximum absolute atomic E-state index is 6.43. The third-order valence-corrected chi connectivity index (χ3v) is 3.47. The summed E-state index contributed by atoms with van der Waals surface area (Å²) < 4.78 is 0. The maximum Gasteiger partial charge on any atom is 0.0688 e. The van der Waals surface area contributed by atoms with Gasteiger partial charge in [-0.15, -0.1) is 0 Å². The van der Waals surface area contributed by atoms with Crippen molar-refractivity contribution in [3.8, 4) is 0 Å². The lowest BCUT2D eigenvalue weighted by Gasteiger charge is -2.45. The van der Waals surface area contributed by atoms with Crippen molar-refractivity contribution in [3.63, 3.8) is 0 Å². The smallest absolute Gasteiger partial charge is 0.0688 e. The van der Waals surface area contributed by atoms with Gasteiger partial charge in [0.2, 0.25) is 0 Å². The van der Waals surface area contributed by atoms with Gasteiger partial charge in [-0.05, 0) is 12.8 Å². The van der Waals surface area contributed by atoms with E-state index in [0.29, 0.717) is 0 Å². The van der Waals surface area contributed by atoms with E-state index in [1.54, 1.807) is 0 Å². The summed E-state index contributed by atoms with van der Waals surface area (Å²) in [6, 6.07) is 0. The number of nitrogens with two attached hydrogens (primary N) is 1. The van der Waals surface area contributed by atoms with Gasteiger partial charge in [-0.2, -0.15) is 0 Å². The van der Waals surface area contributed by atoms with Crippen LogP contribution in [0.15, 0.2) is 0 Å². The van der Waals surface area contributed by atoms with Crippen LogP contribution < -0.4 is 11.1 Å². The molecule has 0 aromatic rings. The third kappa shape index (κ3) is 2.03. The van der Waals surface area contributed by atoms with Crippen molar-refractivity contribution in [1.29, 1.82) is 0 Å². The van der Waals surface area contributed by atoms with Gasteiger partial charge in [0.15, 0.2) is 0 Å². The molecule has 1 aliphatic carbocycles. The molecule has 1 heterocycles. The zero-order valence-electron chi connectivity index (χ0n) is 8.39. The molecule has 0 atom stereocenters. The quantitative estimate of drug-likeness (QED) is 0.622. The first-order valence-corrected chi connectivity index (χ1v) is 5.56. The minimum atomic E-state index is 0.0420. The Morgan fingerprint density at radius 1 is 1.00 bits per heavy atom. The Bertz CT molecular complexity index is 158. The molecular formula is C10H21N3. The molecule has 0 radical (unpaired) electrons. The van der Waals surface area contributed by atoms with Gasteiger partial charge < -0.3 is 11.1 Å². The molecule has 2 fully saturated rings. The summed E-state index contributed by atoms with van der Waals surface area (Å²) in [6.07, 6.45) is 6.42. The highest BCUT2D eigenvalue weighted by atomic mass is 15.3. The largest absolute Gasteiger partial charge is 0.314 e. The molecule has 3 N–H and O–H groups in total. The molecule has 0 amide bonds. The van der Waals surface area contributed by atoms with Crippen molar-refractivity contribution in [2.45, 2.75) is 37.8 Å². The second-order valence-corrected chi connectivity index (χ2v) is 4.40. The number of rotatable bonds is 1. The van der Waals surface area contributed by atoms with E-state index >= 15 is 0 Å². The SMILES string of the molecule is NC1(N2CCNCC2)CCCCC1. The summed E-state index contributed by atoms with van der Waals surface area (Å²) in [6.45, 7) is 4.49. The summed E-state index contributed by atoms with van der Waals surface area (Å²) in [4.78, 5) is 2.49. The maximum atomic E-state index is 6.43. The van der Waals surface area contributed by atoms with Crippen molar-refractivity contribution >= 4 is 0 Å². The highest BCUT2D eigenvalue weighted by Crippen LogP contribution is 2.29. The monoisotopic (exact) mass is 183 g/mol. The van der Waals surface area contributed by atoms with Crippen molar-refractivity contribution in [2.75, 3.05) is 26.2 Å². The molecule has 0 bridgehead atoms. The van der Waals surface area contributed by atoms with E-state index in [1.807, 2.05) is 0 Å². The molecule has 3 nitrogen and oxygen atoms in total. The van der Waals surface area contributed by atoms with Gasteiger partial charge in [0.05, 0.1) is 5.66 Å². The van der Waals surface area contributed by atoms with Crippen LogP contribution in [0.25, 0.3) is 0 Å². The van der Waals surface area contributed by atoms with Crippen molar-refractivity contribution in [2.24, 2.45) is 5.73 Å². The fourth-order valence-corrected chi connectivity index (χ4v) is 2.59. The first-order valence-electron chi connectivity index (χ1n) is 5.56. The topological polar surface area (TPSA) is 41.3 Å². The molecule has 0 aromatic carbocycles. The second-order valence-electron chi connectivity index (χ2n) is 4.40. The average molecular weight is 183 g/mol. The van der Waals surface area contributed by atoms with Crippen LogP contribution in [0.3, 0.4) is 0 Å². The predicted molar refractivity (Wildman–Crippen MR) is 54.4 cm³/mol. The molecule has 2 rings (SSSR count). The summed E-state index contributed by atoms with van der Waals surface area (Å²) in [5.74, 6) is 0. The Kier molecular flexibility index (Phi) is 2.86. The molecule has 76 valence electrons. The normalized spacial score (nSPS) is 30.2. The summed E-state index contributed by atoms with van der Waals surface area (Å²) in [7, 11) is 0. The van der Waals surface area contributed by atoms with Crippen LogP contribution in [0, 0.1) is 0 Å². The zero-order valence-corrected chi connectivity index (χ0v) is 8.39. The van der Waals surface area contributed by atoms with Crippen LogP contribution in [0.2, 0.25) is 0 Å². The predicted octanol–water partition coefficient (Wildman–Crippen LogP) is 0.511. The van der Waals surface area contributed by atoms with Crippen LogP contribution in [0.4, 0.5) is 0 Å². The average Bonchev–Trinajstić information content (AvgIpc) is 2.20. The van der Waals surface area contributed by atoms with E-state index in [4.69, 9.17) is 5.73 Å². The van der Waals surface area contributed by atoms with Crippen LogP contribution in [0.1, 0.15) is 32.1 Å². The zero-order chi connectivity index (χ0) is 9.15. The van der Waals surface area contributed by atoms with Crippen LogP contribution in [-0.2, 0) is 0 Å². The van der Waals surface area contributed by atoms with Gasteiger partial charge in [0.1, 0.15) is 0 Å². The van der Waals surface area contributed by atoms with Gasteiger partial charge >= 0.3 is 0 Å². The van der Waals surface area contributed by atoms with Crippen LogP contribution >= 0.6 is 0 Å². The highest BCUT2D eigenvalue weighted by Gasteiger charge is 2.34. The molecule has 1 saturated heterocycles. The van der Waals surface area contributed by atoms with E-state index in [1.165, 1.54) is 32.1 Å². The number of piperazine rings is 1. The first kappa shape index (κ1) is 9.44. The van der Waals surface area contributed by atoms with E-state index < -0.39 is 0 Å². The van der Waals surface area contributed by atoms with Crippen LogP contribution in [0.5, 0.6) is 0 Å². The van der Waals surface area contributed by atoms with Gasteiger partial charge in [-0.3, -0.25) is 4.90 Å². The standard InChI is InChI=1S/C10H21N3/c11-10(4-2-1-3-5-10)13-8-6-12-7-9-13/h12H,1-9,11H2. The fourth-order valence-electron chi connectivity index (χ4n) is 2.59. The first-order chi connectivity index (χ1) is 6.31. The Hall–Kier alpha value is -0.120. The van der Waals surface area contributed by atoms with Gasteiger partial charge in [-0.25, -0.2) is 0 Å². The Labute approximate surface area is 80.7 Å². The molecule has 0 spiro atoms. The van der Waals surface area contributed by atoms with E-state index in [-0.39, 0.29) is 5.66 Å². The van der Waals surface area contributed by atoms with E-state index in [2.05, 4.69) is 10.2 Å². The number of nitrogens with one attached hydrogen (secondary N) is 1. The molecular weight excluding hydrogens is 162 g/mol. The van der Waals surface area contributed by atoms with Crippen LogP contribution in [-0.4, -0.2) is 36.7 Å². The van der Waals surface area contributed by atoms with Crippen molar-refractivity contribution < 1.29 is 0 Å². The molecule has 1 aliphatic heterocycles. The molecule has 3 heteroatoms. The Morgan fingerprint density at radius 2 is 1.62 bits per heavy atom. The van der Waals surface area contributed by atoms with E-state index in [9.17, 15) is 0 Å². The molecule has 2 aliphatic rings. The van der Waals surface area contributed by atoms with E-state index in [0.717, 1.165) is 26.2 Å². The minimum absolute atomic E-state index is 0.0420. The lowest BCUT2D eigenvalue weighted by atomic mass is 9.88. The van der Waals surface area contributed by atoms with Gasteiger partial charge in [0.25, 0.3) is 0 Å². The Morgan fingerprint density at radius 3 is 2.23 bits per heavy atom. The van der Waals surface area contributed by atoms with Gasteiger partial charge in [0, 0.05) is 26.2 Å². The number of hydrogen-bond acceptors (Lipinski definition) is 3. The molecule has 1 saturated carbocycles. The van der Waals surface area contributed by atoms with Gasteiger partial charge in [-0.1, -0.05) is 19.3 Å². The van der Waals surface area contributed by atoms with Crippen molar-refractivity contribution in [1.82, 2.24) is 10.2 Å². The molecule has 0 aromatic heterocycles. The molecule has 13 heavy (non-hydrogen) atoms. The highest BCUT2D eigenvalue weighted by molar-refractivity contribution is 4.89. The number of hydrogen-bond donors (Lipinski definition) is 2. The third-order valence-electron chi connectivity index (χ3n) is 3.47. The second kappa shape index (κ2) is 3.95. The van der Waals surface area contributed by atoms with Crippen molar-refractivity contribution in [3.05, 3.63) is 0 Å². The summed E-state index contributed by atoms with van der Waals surface area (Å²) in [5, 5.41) is 3.37.